The van der Waals surface area contributed by atoms with Gasteiger partial charge in [-0.2, -0.15) is 5.01 Å². The maximum atomic E-state index is 12.3. The minimum Gasteiger partial charge on any atom is -0.464 e. The molecular weight excluding hydrogens is 326 g/mol. The molecule has 25 heavy (non-hydrogen) atoms. The van der Waals surface area contributed by atoms with E-state index < -0.39 is 34.8 Å². The van der Waals surface area contributed by atoms with Gasteiger partial charge in [0.25, 0.3) is 11.8 Å². The van der Waals surface area contributed by atoms with Crippen LogP contribution in [0.25, 0.3) is 0 Å². The van der Waals surface area contributed by atoms with Gasteiger partial charge in [-0.3, -0.25) is 9.59 Å². The van der Waals surface area contributed by atoms with Crippen LogP contribution in [0, 0.1) is 5.41 Å². The number of fused-ring (bicyclic) bond motifs is 1. The van der Waals surface area contributed by atoms with E-state index in [-0.39, 0.29) is 17.7 Å². The number of hydrogen-bond acceptors (Lipinski definition) is 5. The molecule has 3 rings (SSSR count). The molecule has 1 aliphatic heterocycles. The summed E-state index contributed by atoms with van der Waals surface area (Å²) in [6, 6.07) is 5.48. The molecule has 2 aliphatic rings. The Morgan fingerprint density at radius 1 is 1.16 bits per heavy atom. The van der Waals surface area contributed by atoms with Gasteiger partial charge in [-0.1, -0.05) is 26.0 Å². The summed E-state index contributed by atoms with van der Waals surface area (Å²) in [6.07, 6.45) is 0.411. The van der Waals surface area contributed by atoms with Crippen molar-refractivity contribution in [3.05, 3.63) is 35.4 Å². The lowest BCUT2D eigenvalue weighted by Gasteiger charge is -2.22. The molecule has 0 saturated heterocycles. The molecule has 0 bridgehead atoms. The van der Waals surface area contributed by atoms with E-state index in [0.717, 1.165) is 0 Å². The van der Waals surface area contributed by atoms with Gasteiger partial charge < -0.3 is 10.1 Å². The summed E-state index contributed by atoms with van der Waals surface area (Å²) in [7, 11) is 0. The number of carbonyl (C=O) groups excluding carboxylic acids is 4. The van der Waals surface area contributed by atoms with Gasteiger partial charge in [-0.05, 0) is 25.5 Å². The van der Waals surface area contributed by atoms with Crippen LogP contribution in [0.2, 0.25) is 0 Å². The molecule has 0 radical (unpaired) electrons. The van der Waals surface area contributed by atoms with Gasteiger partial charge in [-0.15, -0.1) is 0 Å². The molecule has 1 saturated carbocycles. The van der Waals surface area contributed by atoms with E-state index >= 15 is 0 Å². The highest BCUT2D eigenvalue weighted by Gasteiger charge is 2.68. The summed E-state index contributed by atoms with van der Waals surface area (Å²) >= 11 is 0. The number of rotatable bonds is 4. The van der Waals surface area contributed by atoms with Crippen molar-refractivity contribution >= 4 is 23.8 Å². The zero-order chi connectivity index (χ0) is 18.4. The molecule has 0 aromatic heterocycles. The maximum Gasteiger partial charge on any atom is 0.335 e. The zero-order valence-electron chi connectivity index (χ0n) is 14.2. The van der Waals surface area contributed by atoms with Gasteiger partial charge >= 0.3 is 12.0 Å². The number of amides is 4. The summed E-state index contributed by atoms with van der Waals surface area (Å²) in [6.45, 7) is 5.52. The second-order valence-corrected chi connectivity index (χ2v) is 6.74. The average molecular weight is 345 g/mol. The zero-order valence-corrected chi connectivity index (χ0v) is 14.2. The third-order valence-corrected chi connectivity index (χ3v) is 4.70. The minimum atomic E-state index is -1.16. The Labute approximate surface area is 144 Å². The second-order valence-electron chi connectivity index (χ2n) is 6.74. The Hall–Kier alpha value is -2.90. The molecule has 1 atom stereocenters. The van der Waals surface area contributed by atoms with Crippen molar-refractivity contribution < 1.29 is 23.9 Å². The van der Waals surface area contributed by atoms with Gasteiger partial charge in [0, 0.05) is 5.41 Å². The number of ether oxygens (including phenoxy) is 1. The highest BCUT2D eigenvalue weighted by molar-refractivity contribution is 6.21. The van der Waals surface area contributed by atoms with E-state index in [9.17, 15) is 19.2 Å². The van der Waals surface area contributed by atoms with Crippen molar-refractivity contribution in [2.24, 2.45) is 5.41 Å². The molecule has 0 spiro atoms. The smallest absolute Gasteiger partial charge is 0.335 e. The molecule has 1 unspecified atom stereocenters. The second kappa shape index (κ2) is 5.58. The van der Waals surface area contributed by atoms with Gasteiger partial charge in [0.15, 0.2) is 0 Å². The number of hydrazine groups is 1. The molecule has 2 N–H and O–H groups in total. The summed E-state index contributed by atoms with van der Waals surface area (Å²) < 4.78 is 5.04. The fourth-order valence-electron chi connectivity index (χ4n) is 3.10. The Morgan fingerprint density at radius 2 is 1.68 bits per heavy atom. The summed E-state index contributed by atoms with van der Waals surface area (Å²) in [5.41, 5.74) is 1.04. The van der Waals surface area contributed by atoms with E-state index in [1.54, 1.807) is 19.1 Å². The molecule has 1 aromatic carbocycles. The molecule has 1 aliphatic carbocycles. The normalized spacial score (nSPS) is 23.1. The van der Waals surface area contributed by atoms with Crippen molar-refractivity contribution in [2.45, 2.75) is 32.7 Å². The third kappa shape index (κ3) is 2.54. The Morgan fingerprint density at radius 3 is 2.12 bits per heavy atom. The van der Waals surface area contributed by atoms with Crippen molar-refractivity contribution in [1.29, 1.82) is 0 Å². The van der Waals surface area contributed by atoms with Gasteiger partial charge in [0.1, 0.15) is 5.54 Å². The lowest BCUT2D eigenvalue weighted by Crippen LogP contribution is -2.56. The predicted molar refractivity (Wildman–Crippen MR) is 86.4 cm³/mol. The van der Waals surface area contributed by atoms with Gasteiger partial charge in [-0.25, -0.2) is 15.0 Å². The van der Waals surface area contributed by atoms with Crippen LogP contribution in [0.3, 0.4) is 0 Å². The first-order chi connectivity index (χ1) is 11.7. The van der Waals surface area contributed by atoms with E-state index in [0.29, 0.717) is 11.4 Å². The number of carbonyl (C=O) groups is 4. The highest BCUT2D eigenvalue weighted by Crippen LogP contribution is 2.56. The molecular formula is C17H19N3O5. The number of hydrogen-bond donors (Lipinski definition) is 2. The van der Waals surface area contributed by atoms with Crippen LogP contribution in [-0.2, 0) is 9.53 Å². The number of esters is 1. The largest absolute Gasteiger partial charge is 0.464 e. The Kier molecular flexibility index (Phi) is 3.78. The number of benzene rings is 1. The number of nitrogens with one attached hydrogen (secondary N) is 2. The van der Waals surface area contributed by atoms with Crippen molar-refractivity contribution in [2.75, 3.05) is 6.61 Å². The van der Waals surface area contributed by atoms with Crippen LogP contribution in [0.4, 0.5) is 4.79 Å². The summed E-state index contributed by atoms with van der Waals surface area (Å²) in [5.74, 6) is -1.76. The summed E-state index contributed by atoms with van der Waals surface area (Å²) in [4.78, 5) is 49.0. The highest BCUT2D eigenvalue weighted by atomic mass is 16.5. The maximum absolute atomic E-state index is 12.3. The van der Waals surface area contributed by atoms with Crippen LogP contribution in [-0.4, -0.2) is 41.0 Å². The topological polar surface area (TPSA) is 105 Å². The third-order valence-electron chi connectivity index (χ3n) is 4.70. The SMILES string of the molecule is CCOC(=O)C1(NC(=O)NN2C(=O)c3ccccc3C2=O)CC1(C)C. The quantitative estimate of drug-likeness (QED) is 0.631. The standard InChI is InChI=1S/C17H19N3O5/c1-4-25-14(23)17(9-16(17,2)3)18-15(24)19-20-12(21)10-7-5-6-8-11(10)13(20)22/h5-8H,4,9H2,1-3H3,(H2,18,19,24). The monoisotopic (exact) mass is 345 g/mol. The lowest BCUT2D eigenvalue weighted by molar-refractivity contribution is -0.147. The van der Waals surface area contributed by atoms with Crippen molar-refractivity contribution in [3.8, 4) is 0 Å². The van der Waals surface area contributed by atoms with Gasteiger partial charge in [0.05, 0.1) is 17.7 Å². The van der Waals surface area contributed by atoms with Gasteiger partial charge in [0.2, 0.25) is 0 Å². The first-order valence-electron chi connectivity index (χ1n) is 7.97. The average Bonchev–Trinajstić information content (AvgIpc) is 3.04. The molecule has 4 amide bonds. The fraction of sp³-hybridized carbons (Fsp3) is 0.412. The number of imide groups is 1. The lowest BCUT2D eigenvalue weighted by atomic mass is 10.1. The van der Waals surface area contributed by atoms with E-state index in [2.05, 4.69) is 10.7 Å². The van der Waals surface area contributed by atoms with Crippen LogP contribution in [0.1, 0.15) is 47.9 Å². The first kappa shape index (κ1) is 16.9. The van der Waals surface area contributed by atoms with Crippen LogP contribution in [0.15, 0.2) is 24.3 Å². The minimum absolute atomic E-state index is 0.193. The van der Waals surface area contributed by atoms with E-state index in [4.69, 9.17) is 4.74 Å². The van der Waals surface area contributed by atoms with Crippen molar-refractivity contribution in [1.82, 2.24) is 15.8 Å². The molecule has 132 valence electrons. The number of nitrogens with zero attached hydrogens (tertiary/aromatic N) is 1. The fourth-order valence-corrected chi connectivity index (χ4v) is 3.10. The van der Waals surface area contributed by atoms with Crippen LogP contribution in [0.5, 0.6) is 0 Å². The Balaban J connectivity index is 1.73. The molecule has 1 fully saturated rings. The van der Waals surface area contributed by atoms with E-state index in [1.807, 2.05) is 13.8 Å². The first-order valence-corrected chi connectivity index (χ1v) is 7.97. The molecule has 8 nitrogen and oxygen atoms in total. The van der Waals surface area contributed by atoms with Crippen LogP contribution >= 0.6 is 0 Å². The molecule has 1 aromatic rings. The molecule has 1 heterocycles. The predicted octanol–water partition coefficient (Wildman–Crippen LogP) is 1.23. The Bertz CT molecular complexity index is 753. The summed E-state index contributed by atoms with van der Waals surface area (Å²) in [5, 5.41) is 3.21. The van der Waals surface area contributed by atoms with Crippen LogP contribution < -0.4 is 10.7 Å². The van der Waals surface area contributed by atoms with Crippen molar-refractivity contribution in [3.63, 3.8) is 0 Å². The molecule has 8 heteroatoms. The van der Waals surface area contributed by atoms with E-state index in [1.165, 1.54) is 12.1 Å². The number of urea groups is 1.